The van der Waals surface area contributed by atoms with Gasteiger partial charge >= 0.3 is 12.1 Å². The number of nitrogens with zero attached hydrogens (tertiary/aromatic N) is 1. The summed E-state index contributed by atoms with van der Waals surface area (Å²) in [4.78, 5) is 14.9. The van der Waals surface area contributed by atoms with Crippen molar-refractivity contribution in [1.29, 1.82) is 0 Å². The Morgan fingerprint density at radius 3 is 2.38 bits per heavy atom. The summed E-state index contributed by atoms with van der Waals surface area (Å²) >= 11 is 3.08. The molecule has 0 aliphatic heterocycles. The Balaban J connectivity index is 2.28. The van der Waals surface area contributed by atoms with E-state index in [1.807, 2.05) is 0 Å². The van der Waals surface area contributed by atoms with Crippen LogP contribution in [0.25, 0.3) is 0 Å². The third-order valence-corrected chi connectivity index (χ3v) is 2.88. The van der Waals surface area contributed by atoms with E-state index in [1.54, 1.807) is 0 Å². The van der Waals surface area contributed by atoms with Gasteiger partial charge in [-0.2, -0.15) is 13.2 Å². The van der Waals surface area contributed by atoms with Gasteiger partial charge in [-0.3, -0.25) is 0 Å². The molecule has 0 amide bonds. The maximum atomic E-state index is 12.4. The number of carbonyl (C=O) groups is 1. The highest BCUT2D eigenvalue weighted by Crippen LogP contribution is 2.32. The second-order valence-corrected chi connectivity index (χ2v) is 4.85. The van der Waals surface area contributed by atoms with Crippen molar-refractivity contribution in [2.75, 3.05) is 0 Å². The number of hydrogen-bond acceptors (Lipinski definition) is 3. The Kier molecular flexibility index (Phi) is 4.17. The summed E-state index contributed by atoms with van der Waals surface area (Å²) in [5.74, 6) is -1.41. The van der Waals surface area contributed by atoms with Crippen LogP contribution < -0.4 is 4.74 Å². The smallest absolute Gasteiger partial charge is 0.416 e. The van der Waals surface area contributed by atoms with Gasteiger partial charge in [0.2, 0.25) is 5.88 Å². The van der Waals surface area contributed by atoms with Gasteiger partial charge in [-0.05, 0) is 46.3 Å². The Morgan fingerprint density at radius 2 is 1.86 bits per heavy atom. The molecule has 2 aromatic rings. The lowest BCUT2D eigenvalue weighted by Crippen LogP contribution is -2.05. The SMILES string of the molecule is O=C(O)c1cc(Br)cnc1Oc1ccc(C(F)(F)F)cc1. The van der Waals surface area contributed by atoms with Crippen molar-refractivity contribution in [2.24, 2.45) is 0 Å². The minimum atomic E-state index is -4.44. The zero-order valence-electron chi connectivity index (χ0n) is 10.2. The first-order valence-electron chi connectivity index (χ1n) is 5.51. The summed E-state index contributed by atoms with van der Waals surface area (Å²) < 4.78 is 42.9. The van der Waals surface area contributed by atoms with Crippen LogP contribution >= 0.6 is 15.9 Å². The van der Waals surface area contributed by atoms with Crippen LogP contribution in [0, 0.1) is 0 Å². The summed E-state index contributed by atoms with van der Waals surface area (Å²) in [5, 5.41) is 9.03. The van der Waals surface area contributed by atoms with E-state index >= 15 is 0 Å². The van der Waals surface area contributed by atoms with Gasteiger partial charge in [-0.1, -0.05) is 0 Å². The highest BCUT2D eigenvalue weighted by Gasteiger charge is 2.30. The van der Waals surface area contributed by atoms with E-state index in [9.17, 15) is 18.0 Å². The molecule has 0 spiro atoms. The number of aromatic nitrogens is 1. The molecule has 0 atom stereocenters. The first kappa shape index (κ1) is 15.3. The van der Waals surface area contributed by atoms with Crippen LogP contribution in [0.2, 0.25) is 0 Å². The lowest BCUT2D eigenvalue weighted by atomic mass is 10.2. The Labute approximate surface area is 125 Å². The molecular formula is C13H7BrF3NO3. The molecule has 21 heavy (non-hydrogen) atoms. The topological polar surface area (TPSA) is 59.4 Å². The predicted octanol–water partition coefficient (Wildman–Crippen LogP) is 4.35. The molecule has 0 bridgehead atoms. The van der Waals surface area contributed by atoms with E-state index in [-0.39, 0.29) is 17.2 Å². The van der Waals surface area contributed by atoms with Crippen LogP contribution in [-0.4, -0.2) is 16.1 Å². The van der Waals surface area contributed by atoms with E-state index in [2.05, 4.69) is 20.9 Å². The lowest BCUT2D eigenvalue weighted by molar-refractivity contribution is -0.137. The minimum Gasteiger partial charge on any atom is -0.477 e. The average Bonchev–Trinajstić information content (AvgIpc) is 2.40. The van der Waals surface area contributed by atoms with E-state index in [4.69, 9.17) is 9.84 Å². The van der Waals surface area contributed by atoms with Crippen LogP contribution in [0.5, 0.6) is 11.6 Å². The Hall–Kier alpha value is -2.09. The third kappa shape index (κ3) is 3.72. The number of ether oxygens (including phenoxy) is 1. The molecule has 0 aliphatic carbocycles. The molecule has 0 radical (unpaired) electrons. The van der Waals surface area contributed by atoms with Crippen molar-refractivity contribution in [1.82, 2.24) is 4.98 Å². The van der Waals surface area contributed by atoms with Crippen LogP contribution in [0.4, 0.5) is 13.2 Å². The number of carboxylic acid groups (broad SMARTS) is 1. The fourth-order valence-electron chi connectivity index (χ4n) is 1.48. The Bertz CT molecular complexity index is 671. The minimum absolute atomic E-state index is 0.0559. The zero-order chi connectivity index (χ0) is 15.6. The van der Waals surface area contributed by atoms with Crippen molar-refractivity contribution >= 4 is 21.9 Å². The molecule has 2 rings (SSSR count). The summed E-state index contributed by atoms with van der Waals surface area (Å²) in [6.07, 6.45) is -3.12. The van der Waals surface area contributed by atoms with Gasteiger partial charge in [0.25, 0.3) is 0 Å². The number of hydrogen-bond donors (Lipinski definition) is 1. The number of pyridine rings is 1. The fourth-order valence-corrected chi connectivity index (χ4v) is 1.82. The maximum Gasteiger partial charge on any atom is 0.416 e. The zero-order valence-corrected chi connectivity index (χ0v) is 11.8. The standard InChI is InChI=1S/C13H7BrF3NO3/c14-8-5-10(12(19)20)11(18-6-8)21-9-3-1-7(2-4-9)13(15,16)17/h1-6H,(H,19,20). The van der Waals surface area contributed by atoms with Crippen molar-refractivity contribution in [3.05, 3.63) is 52.1 Å². The largest absolute Gasteiger partial charge is 0.477 e. The fraction of sp³-hybridized carbons (Fsp3) is 0.0769. The van der Waals surface area contributed by atoms with Gasteiger partial charge in [0.05, 0.1) is 5.56 Å². The number of benzene rings is 1. The molecule has 1 aromatic heterocycles. The number of aromatic carboxylic acids is 1. The lowest BCUT2D eigenvalue weighted by Gasteiger charge is -2.10. The number of halogens is 4. The van der Waals surface area contributed by atoms with Crippen LogP contribution in [0.3, 0.4) is 0 Å². The first-order valence-corrected chi connectivity index (χ1v) is 6.30. The Morgan fingerprint density at radius 1 is 1.24 bits per heavy atom. The molecule has 1 aromatic carbocycles. The van der Waals surface area contributed by atoms with Gasteiger partial charge in [0.15, 0.2) is 0 Å². The molecule has 1 heterocycles. The quantitative estimate of drug-likeness (QED) is 0.882. The van der Waals surface area contributed by atoms with Crippen LogP contribution in [-0.2, 0) is 6.18 Å². The molecule has 0 saturated heterocycles. The number of rotatable bonds is 3. The number of carboxylic acids is 1. The number of alkyl halides is 3. The summed E-state index contributed by atoms with van der Waals surface area (Å²) in [6.45, 7) is 0. The van der Waals surface area contributed by atoms with E-state index in [1.165, 1.54) is 12.3 Å². The van der Waals surface area contributed by atoms with Crippen molar-refractivity contribution in [3.63, 3.8) is 0 Å². The van der Waals surface area contributed by atoms with Crippen molar-refractivity contribution in [3.8, 4) is 11.6 Å². The molecule has 8 heteroatoms. The molecule has 0 aliphatic rings. The predicted molar refractivity (Wildman–Crippen MR) is 70.4 cm³/mol. The van der Waals surface area contributed by atoms with Crippen LogP contribution in [0.15, 0.2) is 41.0 Å². The second kappa shape index (κ2) is 5.72. The maximum absolute atomic E-state index is 12.4. The van der Waals surface area contributed by atoms with E-state index < -0.39 is 17.7 Å². The highest BCUT2D eigenvalue weighted by atomic mass is 79.9. The molecular weight excluding hydrogens is 355 g/mol. The second-order valence-electron chi connectivity index (χ2n) is 3.94. The molecule has 0 saturated carbocycles. The first-order chi connectivity index (χ1) is 9.77. The van der Waals surface area contributed by atoms with E-state index in [0.717, 1.165) is 24.3 Å². The molecule has 4 nitrogen and oxygen atoms in total. The summed E-state index contributed by atoms with van der Waals surface area (Å²) in [5.41, 5.74) is -1.03. The molecule has 1 N–H and O–H groups in total. The van der Waals surface area contributed by atoms with Gasteiger partial charge in [-0.15, -0.1) is 0 Å². The molecule has 110 valence electrons. The monoisotopic (exact) mass is 361 g/mol. The van der Waals surface area contributed by atoms with Crippen molar-refractivity contribution < 1.29 is 27.8 Å². The van der Waals surface area contributed by atoms with Gasteiger partial charge in [0.1, 0.15) is 11.3 Å². The third-order valence-electron chi connectivity index (χ3n) is 2.44. The highest BCUT2D eigenvalue weighted by molar-refractivity contribution is 9.10. The van der Waals surface area contributed by atoms with Crippen LogP contribution in [0.1, 0.15) is 15.9 Å². The molecule has 0 fully saturated rings. The summed E-state index contributed by atoms with van der Waals surface area (Å²) in [7, 11) is 0. The average molecular weight is 362 g/mol. The van der Waals surface area contributed by atoms with Gasteiger partial charge in [-0.25, -0.2) is 9.78 Å². The summed E-state index contributed by atoms with van der Waals surface area (Å²) in [6, 6.07) is 5.16. The van der Waals surface area contributed by atoms with E-state index in [0.29, 0.717) is 4.47 Å². The molecule has 0 unspecified atom stereocenters. The normalized spacial score (nSPS) is 11.2. The van der Waals surface area contributed by atoms with Crippen molar-refractivity contribution in [2.45, 2.75) is 6.18 Å². The van der Waals surface area contributed by atoms with Gasteiger partial charge in [0, 0.05) is 10.7 Å². The van der Waals surface area contributed by atoms with Gasteiger partial charge < -0.3 is 9.84 Å².